The number of carbonyl (C=O) groups is 2. The van der Waals surface area contributed by atoms with E-state index in [-0.39, 0.29) is 24.9 Å². The predicted molar refractivity (Wildman–Crippen MR) is 59.7 cm³/mol. The van der Waals surface area contributed by atoms with Crippen LogP contribution in [0.5, 0.6) is 0 Å². The molecule has 4 heteroatoms. The number of carboxylic acids is 1. The van der Waals surface area contributed by atoms with Crippen molar-refractivity contribution in [2.24, 2.45) is 0 Å². The van der Waals surface area contributed by atoms with E-state index in [4.69, 9.17) is 11.5 Å². The highest BCUT2D eigenvalue weighted by atomic mass is 16.4. The number of amides is 1. The molecule has 1 amide bonds. The average Bonchev–Trinajstić information content (AvgIpc) is 2.75. The quantitative estimate of drug-likeness (QED) is 0.714. The fourth-order valence-electron chi connectivity index (χ4n) is 2.11. The Morgan fingerprint density at radius 1 is 1.38 bits per heavy atom. The van der Waals surface area contributed by atoms with Gasteiger partial charge in [0.25, 0.3) is 0 Å². The number of aliphatic carboxylic acids is 1. The second-order valence-electron chi connectivity index (χ2n) is 4.06. The first-order valence-electron chi connectivity index (χ1n) is 5.60. The highest BCUT2D eigenvalue weighted by Gasteiger charge is 2.27. The van der Waals surface area contributed by atoms with Crippen LogP contribution in [0.1, 0.15) is 38.5 Å². The first kappa shape index (κ1) is 12.6. The van der Waals surface area contributed by atoms with Gasteiger partial charge in [0.2, 0.25) is 5.91 Å². The molecule has 4 nitrogen and oxygen atoms in total. The molecule has 1 saturated carbocycles. The minimum absolute atomic E-state index is 0.0985. The monoisotopic (exact) mass is 223 g/mol. The minimum Gasteiger partial charge on any atom is -0.480 e. The fraction of sp³-hybridized carbons (Fsp3) is 0.667. The van der Waals surface area contributed by atoms with Crippen molar-refractivity contribution < 1.29 is 14.7 Å². The normalized spacial score (nSPS) is 15.7. The maximum absolute atomic E-state index is 11.8. The molecule has 0 unspecified atom stereocenters. The van der Waals surface area contributed by atoms with Gasteiger partial charge in [-0.3, -0.25) is 9.59 Å². The molecular weight excluding hydrogens is 206 g/mol. The van der Waals surface area contributed by atoms with Crippen molar-refractivity contribution in [3.63, 3.8) is 0 Å². The molecule has 0 aromatic rings. The van der Waals surface area contributed by atoms with Crippen molar-refractivity contribution in [3.8, 4) is 12.3 Å². The molecule has 1 aliphatic carbocycles. The van der Waals surface area contributed by atoms with Crippen LogP contribution < -0.4 is 0 Å². The molecule has 0 bridgehead atoms. The van der Waals surface area contributed by atoms with E-state index in [2.05, 4.69) is 5.92 Å². The number of hydrogen-bond acceptors (Lipinski definition) is 2. The van der Waals surface area contributed by atoms with Crippen LogP contribution in [0.4, 0.5) is 0 Å². The summed E-state index contributed by atoms with van der Waals surface area (Å²) in [6.07, 6.45) is 9.69. The van der Waals surface area contributed by atoms with Gasteiger partial charge in [0.15, 0.2) is 0 Å². The summed E-state index contributed by atoms with van der Waals surface area (Å²) in [5.41, 5.74) is 0. The number of terminal acetylenes is 1. The Hall–Kier alpha value is -1.50. The van der Waals surface area contributed by atoms with Gasteiger partial charge < -0.3 is 10.0 Å². The van der Waals surface area contributed by atoms with Gasteiger partial charge in [-0.25, -0.2) is 0 Å². The van der Waals surface area contributed by atoms with Gasteiger partial charge in [0, 0.05) is 18.9 Å². The summed E-state index contributed by atoms with van der Waals surface area (Å²) < 4.78 is 0. The zero-order valence-corrected chi connectivity index (χ0v) is 9.32. The average molecular weight is 223 g/mol. The van der Waals surface area contributed by atoms with Gasteiger partial charge in [-0.05, 0) is 12.8 Å². The van der Waals surface area contributed by atoms with Crippen LogP contribution in [0, 0.1) is 12.3 Å². The Bertz CT molecular complexity index is 300. The molecule has 16 heavy (non-hydrogen) atoms. The Morgan fingerprint density at radius 3 is 2.50 bits per heavy atom. The minimum atomic E-state index is -0.957. The highest BCUT2D eigenvalue weighted by molar-refractivity contribution is 5.81. The maximum atomic E-state index is 11.8. The Labute approximate surface area is 95.6 Å². The third kappa shape index (κ3) is 3.58. The number of nitrogens with zero attached hydrogens (tertiary/aromatic N) is 1. The van der Waals surface area contributed by atoms with E-state index in [0.29, 0.717) is 6.42 Å². The van der Waals surface area contributed by atoms with Gasteiger partial charge in [-0.1, -0.05) is 12.8 Å². The Kier molecular flexibility index (Phi) is 4.84. The zero-order valence-electron chi connectivity index (χ0n) is 9.32. The summed E-state index contributed by atoms with van der Waals surface area (Å²) in [6, 6.07) is 0.0985. The van der Waals surface area contributed by atoms with Crippen molar-refractivity contribution in [1.29, 1.82) is 0 Å². The summed E-state index contributed by atoms with van der Waals surface area (Å²) >= 11 is 0. The molecule has 1 aliphatic rings. The lowest BCUT2D eigenvalue weighted by atomic mass is 10.2. The van der Waals surface area contributed by atoms with Gasteiger partial charge in [-0.15, -0.1) is 12.3 Å². The molecule has 0 heterocycles. The van der Waals surface area contributed by atoms with Crippen LogP contribution in [-0.2, 0) is 9.59 Å². The number of rotatable bonds is 5. The van der Waals surface area contributed by atoms with Gasteiger partial charge in [0.05, 0.1) is 0 Å². The standard InChI is InChI=1S/C12H17NO3/c1-2-3-8-11(14)13(9-12(15)16)10-6-4-5-7-10/h1,10H,3-9H2,(H,15,16). The predicted octanol–water partition coefficient (Wildman–Crippen LogP) is 1.26. The lowest BCUT2D eigenvalue weighted by molar-refractivity contribution is -0.146. The molecule has 0 aliphatic heterocycles. The molecule has 0 atom stereocenters. The van der Waals surface area contributed by atoms with Crippen LogP contribution in [-0.4, -0.2) is 34.5 Å². The van der Waals surface area contributed by atoms with Gasteiger partial charge in [-0.2, -0.15) is 0 Å². The van der Waals surface area contributed by atoms with Crippen LogP contribution in [0.2, 0.25) is 0 Å². The highest BCUT2D eigenvalue weighted by Crippen LogP contribution is 2.24. The van der Waals surface area contributed by atoms with E-state index in [1.54, 1.807) is 0 Å². The van der Waals surface area contributed by atoms with Gasteiger partial charge in [0.1, 0.15) is 6.54 Å². The smallest absolute Gasteiger partial charge is 0.323 e. The zero-order chi connectivity index (χ0) is 12.0. The first-order chi connectivity index (χ1) is 7.65. The Balaban J connectivity index is 2.58. The molecule has 1 rings (SSSR count). The van der Waals surface area contributed by atoms with Crippen molar-refractivity contribution in [2.45, 2.75) is 44.6 Å². The lowest BCUT2D eigenvalue weighted by Crippen LogP contribution is -2.42. The van der Waals surface area contributed by atoms with E-state index in [0.717, 1.165) is 25.7 Å². The molecule has 1 N–H and O–H groups in total. The molecule has 1 fully saturated rings. The first-order valence-corrected chi connectivity index (χ1v) is 5.60. The second kappa shape index (κ2) is 6.16. The summed E-state index contributed by atoms with van der Waals surface area (Å²) in [5.74, 6) is 1.31. The molecule has 0 radical (unpaired) electrons. The van der Waals surface area contributed by atoms with Crippen molar-refractivity contribution in [3.05, 3.63) is 0 Å². The third-order valence-electron chi connectivity index (χ3n) is 2.87. The molecule has 0 aromatic heterocycles. The Morgan fingerprint density at radius 2 is 2.00 bits per heavy atom. The van der Waals surface area contributed by atoms with E-state index >= 15 is 0 Å². The topological polar surface area (TPSA) is 57.6 Å². The number of hydrogen-bond donors (Lipinski definition) is 1. The second-order valence-corrected chi connectivity index (χ2v) is 4.06. The summed E-state index contributed by atoms with van der Waals surface area (Å²) in [4.78, 5) is 24.0. The summed E-state index contributed by atoms with van der Waals surface area (Å²) in [5, 5.41) is 8.78. The fourth-order valence-corrected chi connectivity index (χ4v) is 2.11. The maximum Gasteiger partial charge on any atom is 0.323 e. The van der Waals surface area contributed by atoms with Crippen molar-refractivity contribution >= 4 is 11.9 Å². The van der Waals surface area contributed by atoms with Crippen molar-refractivity contribution in [1.82, 2.24) is 4.90 Å². The summed E-state index contributed by atoms with van der Waals surface area (Å²) in [6.45, 7) is -0.200. The molecule has 0 aromatic carbocycles. The van der Waals surface area contributed by atoms with Gasteiger partial charge >= 0.3 is 5.97 Å². The molecule has 0 saturated heterocycles. The van der Waals surface area contributed by atoms with E-state index in [1.165, 1.54) is 4.90 Å². The molecule has 0 spiro atoms. The number of carbonyl (C=O) groups excluding carboxylic acids is 1. The largest absolute Gasteiger partial charge is 0.480 e. The lowest BCUT2D eigenvalue weighted by Gasteiger charge is -2.27. The van der Waals surface area contributed by atoms with Crippen LogP contribution >= 0.6 is 0 Å². The van der Waals surface area contributed by atoms with Crippen LogP contribution in [0.3, 0.4) is 0 Å². The van der Waals surface area contributed by atoms with Crippen LogP contribution in [0.15, 0.2) is 0 Å². The van der Waals surface area contributed by atoms with Crippen molar-refractivity contribution in [2.75, 3.05) is 6.54 Å². The SMILES string of the molecule is C#CCCC(=O)N(CC(=O)O)C1CCCC1. The summed E-state index contributed by atoms with van der Waals surface area (Å²) in [7, 11) is 0. The van der Waals surface area contributed by atoms with Crippen LogP contribution in [0.25, 0.3) is 0 Å². The van der Waals surface area contributed by atoms with E-state index in [9.17, 15) is 9.59 Å². The molecular formula is C12H17NO3. The number of carboxylic acid groups (broad SMARTS) is 1. The molecule has 88 valence electrons. The van der Waals surface area contributed by atoms with E-state index in [1.807, 2.05) is 0 Å². The van der Waals surface area contributed by atoms with E-state index < -0.39 is 5.97 Å². The third-order valence-corrected chi connectivity index (χ3v) is 2.87.